The van der Waals surface area contributed by atoms with Gasteiger partial charge in [0.1, 0.15) is 5.82 Å². The minimum absolute atomic E-state index is 0.163. The molecule has 0 bridgehead atoms. The topological polar surface area (TPSA) is 55.6 Å². The van der Waals surface area contributed by atoms with Crippen LogP contribution in [0.15, 0.2) is 36.4 Å². The highest BCUT2D eigenvalue weighted by Gasteiger charge is 2.40. The van der Waals surface area contributed by atoms with E-state index < -0.39 is 0 Å². The fourth-order valence-corrected chi connectivity index (χ4v) is 6.20. The van der Waals surface area contributed by atoms with Gasteiger partial charge in [-0.3, -0.25) is 0 Å². The van der Waals surface area contributed by atoms with E-state index in [4.69, 9.17) is 22.1 Å². The van der Waals surface area contributed by atoms with Crippen LogP contribution >= 0.6 is 11.6 Å². The molecule has 36 heavy (non-hydrogen) atoms. The minimum atomic E-state index is -0.197. The van der Waals surface area contributed by atoms with E-state index in [1.165, 1.54) is 19.3 Å². The summed E-state index contributed by atoms with van der Waals surface area (Å²) in [5.74, 6) is 0.593. The normalized spacial score (nSPS) is 20.3. The number of halogens is 2. The molecule has 1 aliphatic carbocycles. The fourth-order valence-electron chi connectivity index (χ4n) is 6.00. The van der Waals surface area contributed by atoms with Crippen molar-refractivity contribution in [2.24, 2.45) is 17.3 Å². The third kappa shape index (κ3) is 6.73. The van der Waals surface area contributed by atoms with E-state index in [-0.39, 0.29) is 23.2 Å². The molecule has 2 aromatic carbocycles. The number of hydrogen-bond donors (Lipinski definition) is 1. The number of hydrogen-bond acceptors (Lipinski definition) is 3. The molecule has 0 radical (unpaired) electrons. The molecule has 1 aliphatic heterocycles. The number of rotatable bonds is 8. The summed E-state index contributed by atoms with van der Waals surface area (Å²) in [6, 6.07) is 11.1. The van der Waals surface area contributed by atoms with Gasteiger partial charge in [0.2, 0.25) is 0 Å². The molecule has 2 atom stereocenters. The molecule has 1 unspecified atom stereocenters. The third-order valence-electron chi connectivity index (χ3n) is 8.44. The standard InChI is InChI=1S/C30H40ClFN2O2/c1-21-8-10-27(32)24(16-21)18-30(2,14-12-22-9-11-28(33)26(31)17-22)25-13-15-34(19-25)29(35)36-20-23-6-4-3-5-7-23/h8-11,16-17,23,25H,3-7,12-15,18-20,33H2,1-2H3/t25?,30-/m1/s1. The molecule has 1 heterocycles. The average Bonchev–Trinajstić information content (AvgIpc) is 3.38. The van der Waals surface area contributed by atoms with Crippen molar-refractivity contribution < 1.29 is 13.9 Å². The first-order valence-corrected chi connectivity index (χ1v) is 13.8. The summed E-state index contributed by atoms with van der Waals surface area (Å²) in [5, 5.41) is 0.562. The van der Waals surface area contributed by atoms with Gasteiger partial charge in [-0.05, 0) is 92.0 Å². The maximum atomic E-state index is 14.8. The minimum Gasteiger partial charge on any atom is -0.449 e. The Labute approximate surface area is 220 Å². The Morgan fingerprint density at radius 2 is 1.94 bits per heavy atom. The SMILES string of the molecule is Cc1ccc(F)c(C[C@@](C)(CCc2ccc(N)c(Cl)c2)C2CCN(C(=O)OCC3CCCCC3)C2)c1. The molecule has 1 amide bonds. The molecule has 2 aliphatic rings. The highest BCUT2D eigenvalue weighted by atomic mass is 35.5. The number of anilines is 1. The Morgan fingerprint density at radius 3 is 2.69 bits per heavy atom. The molecule has 196 valence electrons. The molecule has 4 nitrogen and oxygen atoms in total. The van der Waals surface area contributed by atoms with Gasteiger partial charge < -0.3 is 15.4 Å². The summed E-state index contributed by atoms with van der Waals surface area (Å²) in [6.45, 7) is 6.11. The Morgan fingerprint density at radius 1 is 1.17 bits per heavy atom. The molecule has 1 saturated carbocycles. The number of amides is 1. The number of likely N-dealkylation sites (tertiary alicyclic amines) is 1. The lowest BCUT2D eigenvalue weighted by atomic mass is 9.69. The number of carbonyl (C=O) groups is 1. The zero-order chi connectivity index (χ0) is 25.7. The quantitative estimate of drug-likeness (QED) is 0.369. The number of nitrogens with two attached hydrogens (primary N) is 1. The summed E-state index contributed by atoms with van der Waals surface area (Å²) in [5.41, 5.74) is 9.19. The van der Waals surface area contributed by atoms with Gasteiger partial charge >= 0.3 is 6.09 Å². The number of aryl methyl sites for hydroxylation is 2. The molecular weight excluding hydrogens is 475 g/mol. The molecule has 1 saturated heterocycles. The maximum absolute atomic E-state index is 14.8. The van der Waals surface area contributed by atoms with Crippen LogP contribution in [0.3, 0.4) is 0 Å². The van der Waals surface area contributed by atoms with Crippen LogP contribution in [0.1, 0.15) is 68.6 Å². The predicted molar refractivity (Wildman–Crippen MR) is 145 cm³/mol. The second kappa shape index (κ2) is 11.9. The van der Waals surface area contributed by atoms with Crippen molar-refractivity contribution in [3.05, 3.63) is 63.9 Å². The molecule has 0 spiro atoms. The monoisotopic (exact) mass is 514 g/mol. The fraction of sp³-hybridized carbons (Fsp3) is 0.567. The summed E-state index contributed by atoms with van der Waals surface area (Å²) in [4.78, 5) is 14.7. The van der Waals surface area contributed by atoms with E-state index in [1.807, 2.05) is 42.2 Å². The lowest BCUT2D eigenvalue weighted by Gasteiger charge is -2.36. The zero-order valence-electron chi connectivity index (χ0n) is 21.7. The van der Waals surface area contributed by atoms with Crippen molar-refractivity contribution in [3.63, 3.8) is 0 Å². The average molecular weight is 515 g/mol. The van der Waals surface area contributed by atoms with Gasteiger partial charge in [-0.25, -0.2) is 9.18 Å². The largest absolute Gasteiger partial charge is 0.449 e. The molecular formula is C30H40ClFN2O2. The van der Waals surface area contributed by atoms with Crippen molar-refractivity contribution in [1.82, 2.24) is 4.90 Å². The van der Waals surface area contributed by atoms with Crippen LogP contribution in [-0.4, -0.2) is 30.7 Å². The van der Waals surface area contributed by atoms with Crippen LogP contribution in [0.25, 0.3) is 0 Å². The van der Waals surface area contributed by atoms with Gasteiger partial charge in [0.15, 0.2) is 0 Å². The number of carbonyl (C=O) groups excluding carboxylic acids is 1. The summed E-state index contributed by atoms with van der Waals surface area (Å²) in [6.07, 6.45) is 9.07. The highest BCUT2D eigenvalue weighted by Crippen LogP contribution is 2.42. The smallest absolute Gasteiger partial charge is 0.409 e. The lowest BCUT2D eigenvalue weighted by molar-refractivity contribution is 0.0818. The molecule has 4 rings (SSSR count). The van der Waals surface area contributed by atoms with Crippen molar-refractivity contribution in [2.45, 2.75) is 71.6 Å². The number of benzene rings is 2. The first-order valence-electron chi connectivity index (χ1n) is 13.4. The number of nitrogens with zero attached hydrogens (tertiary/aromatic N) is 1. The van der Waals surface area contributed by atoms with Gasteiger partial charge in [0.05, 0.1) is 17.3 Å². The highest BCUT2D eigenvalue weighted by molar-refractivity contribution is 6.33. The molecule has 2 fully saturated rings. The van der Waals surface area contributed by atoms with Crippen molar-refractivity contribution >= 4 is 23.4 Å². The number of nitrogen functional groups attached to an aromatic ring is 1. The van der Waals surface area contributed by atoms with Crippen molar-refractivity contribution in [1.29, 1.82) is 0 Å². The van der Waals surface area contributed by atoms with Crippen molar-refractivity contribution in [3.8, 4) is 0 Å². The van der Waals surface area contributed by atoms with Gasteiger partial charge in [-0.1, -0.05) is 61.5 Å². The first-order chi connectivity index (χ1) is 17.2. The van der Waals surface area contributed by atoms with E-state index in [0.717, 1.165) is 48.8 Å². The van der Waals surface area contributed by atoms with E-state index in [9.17, 15) is 9.18 Å². The summed E-state index contributed by atoms with van der Waals surface area (Å²) in [7, 11) is 0. The van der Waals surface area contributed by atoms with E-state index in [2.05, 4.69) is 6.92 Å². The Bertz CT molecular complexity index is 1060. The lowest BCUT2D eigenvalue weighted by Crippen LogP contribution is -2.36. The van der Waals surface area contributed by atoms with Crippen molar-refractivity contribution in [2.75, 3.05) is 25.4 Å². The van der Waals surface area contributed by atoms with Crippen LogP contribution in [0.2, 0.25) is 5.02 Å². The van der Waals surface area contributed by atoms with Crippen LogP contribution in [0, 0.1) is 30.0 Å². The molecule has 6 heteroatoms. The van der Waals surface area contributed by atoms with Crippen LogP contribution < -0.4 is 5.73 Å². The molecule has 0 aromatic heterocycles. The Kier molecular flexibility index (Phi) is 8.82. The van der Waals surface area contributed by atoms with Gasteiger partial charge in [-0.15, -0.1) is 0 Å². The Hall–Kier alpha value is -2.27. The first kappa shape index (κ1) is 26.8. The summed E-state index contributed by atoms with van der Waals surface area (Å²) >= 11 is 6.27. The van der Waals surface area contributed by atoms with E-state index >= 15 is 0 Å². The van der Waals surface area contributed by atoms with E-state index in [0.29, 0.717) is 42.7 Å². The second-order valence-electron chi connectivity index (χ2n) is 11.3. The summed E-state index contributed by atoms with van der Waals surface area (Å²) < 4.78 is 20.5. The second-order valence-corrected chi connectivity index (χ2v) is 11.7. The predicted octanol–water partition coefficient (Wildman–Crippen LogP) is 7.59. The molecule has 2 N–H and O–H groups in total. The Balaban J connectivity index is 1.45. The van der Waals surface area contributed by atoms with E-state index in [1.54, 1.807) is 6.07 Å². The van der Waals surface area contributed by atoms with Gasteiger partial charge in [0.25, 0.3) is 0 Å². The number of ether oxygens (including phenoxy) is 1. The molecule has 2 aromatic rings. The van der Waals surface area contributed by atoms with Gasteiger partial charge in [-0.2, -0.15) is 0 Å². The zero-order valence-corrected chi connectivity index (χ0v) is 22.5. The third-order valence-corrected chi connectivity index (χ3v) is 8.77. The van der Waals surface area contributed by atoms with Crippen LogP contribution in [0.5, 0.6) is 0 Å². The van der Waals surface area contributed by atoms with Crippen LogP contribution in [0.4, 0.5) is 14.9 Å². The maximum Gasteiger partial charge on any atom is 0.409 e. The van der Waals surface area contributed by atoms with Gasteiger partial charge in [0, 0.05) is 13.1 Å². The van der Waals surface area contributed by atoms with Crippen LogP contribution in [-0.2, 0) is 17.6 Å².